The van der Waals surface area contributed by atoms with Crippen LogP contribution in [0.25, 0.3) is 11.0 Å². The van der Waals surface area contributed by atoms with E-state index in [0.717, 1.165) is 0 Å². The lowest BCUT2D eigenvalue weighted by molar-refractivity contribution is -0.127. The topological polar surface area (TPSA) is 106 Å². The summed E-state index contributed by atoms with van der Waals surface area (Å²) in [5, 5.41) is 11.0. The number of para-hydroxylation sites is 1. The van der Waals surface area contributed by atoms with Gasteiger partial charge in [0, 0.05) is 23.6 Å². The lowest BCUT2D eigenvalue weighted by Gasteiger charge is -2.31. The first kappa shape index (κ1) is 22.9. The van der Waals surface area contributed by atoms with Gasteiger partial charge in [0.2, 0.25) is 11.8 Å². The minimum Gasteiger partial charge on any atom is -0.467 e. The summed E-state index contributed by atoms with van der Waals surface area (Å²) in [5.41, 5.74) is 1.95. The molecular weight excluding hydrogens is 463 g/mol. The number of nitrogens with one attached hydrogen (secondary N) is 1. The molecule has 3 aromatic heterocycles. The third-order valence-electron chi connectivity index (χ3n) is 5.58. The Labute approximate surface area is 205 Å². The number of nitrogens with zero attached hydrogens (tertiary/aromatic N) is 5. The number of furan rings is 1. The van der Waals surface area contributed by atoms with Crippen molar-refractivity contribution in [1.82, 2.24) is 25.3 Å². The second kappa shape index (κ2) is 10.2. The van der Waals surface area contributed by atoms with Gasteiger partial charge in [0.1, 0.15) is 29.7 Å². The number of benzene rings is 2. The molecule has 0 bridgehead atoms. The number of carbonyl (C=O) groups is 2. The van der Waals surface area contributed by atoms with Gasteiger partial charge < -0.3 is 9.73 Å². The van der Waals surface area contributed by atoms with Gasteiger partial charge in [0.15, 0.2) is 0 Å². The molecule has 0 unspecified atom stereocenters. The standard InChI is InChI=1S/C26H21FN6O3/c27-19-7-3-8-20(14-19)33(24(34)17-32-23-11-2-1-10-22(23)30-31-32)25(18-6-4-12-28-15-18)26(35)29-16-21-9-5-13-36-21/h1-15,25H,16-17H2,(H,29,35)/t25-/m1/s1. The van der Waals surface area contributed by atoms with Crippen LogP contribution in [0, 0.1) is 5.82 Å². The highest BCUT2D eigenvalue weighted by atomic mass is 19.1. The number of amides is 2. The number of anilines is 1. The van der Waals surface area contributed by atoms with Crippen molar-refractivity contribution in [2.24, 2.45) is 0 Å². The Morgan fingerprint density at radius 3 is 2.72 bits per heavy atom. The molecule has 0 saturated heterocycles. The van der Waals surface area contributed by atoms with Crippen molar-refractivity contribution in [3.8, 4) is 0 Å². The van der Waals surface area contributed by atoms with E-state index in [9.17, 15) is 14.0 Å². The second-order valence-electron chi connectivity index (χ2n) is 7.97. The van der Waals surface area contributed by atoms with E-state index in [-0.39, 0.29) is 18.8 Å². The van der Waals surface area contributed by atoms with Gasteiger partial charge in [0.05, 0.1) is 18.3 Å². The Hall–Kier alpha value is -4.86. The van der Waals surface area contributed by atoms with Gasteiger partial charge in [-0.3, -0.25) is 19.5 Å². The fourth-order valence-corrected chi connectivity index (χ4v) is 3.94. The minimum atomic E-state index is -1.14. The number of carbonyl (C=O) groups excluding carboxylic acids is 2. The largest absolute Gasteiger partial charge is 0.467 e. The van der Waals surface area contributed by atoms with Crippen LogP contribution < -0.4 is 10.2 Å². The highest BCUT2D eigenvalue weighted by molar-refractivity contribution is 6.01. The van der Waals surface area contributed by atoms with Crippen LogP contribution >= 0.6 is 0 Å². The summed E-state index contributed by atoms with van der Waals surface area (Å²) in [6.07, 6.45) is 4.57. The SMILES string of the molecule is O=C(NCc1ccco1)[C@@H](c1cccnc1)N(C(=O)Cn1nnc2ccccc21)c1cccc(F)c1. The van der Waals surface area contributed by atoms with Crippen molar-refractivity contribution in [1.29, 1.82) is 0 Å². The molecule has 5 rings (SSSR count). The molecule has 1 atom stereocenters. The maximum absolute atomic E-state index is 14.3. The molecule has 9 nitrogen and oxygen atoms in total. The van der Waals surface area contributed by atoms with Gasteiger partial charge in [-0.2, -0.15) is 0 Å². The quantitative estimate of drug-likeness (QED) is 0.360. The second-order valence-corrected chi connectivity index (χ2v) is 7.97. The average Bonchev–Trinajstić information content (AvgIpc) is 3.56. The zero-order valence-corrected chi connectivity index (χ0v) is 19.0. The number of halogens is 1. The summed E-state index contributed by atoms with van der Waals surface area (Å²) < 4.78 is 21.0. The first-order valence-corrected chi connectivity index (χ1v) is 11.2. The molecule has 0 radical (unpaired) electrons. The smallest absolute Gasteiger partial charge is 0.249 e. The number of aromatic nitrogens is 4. The number of fused-ring (bicyclic) bond motifs is 1. The number of hydrogen-bond acceptors (Lipinski definition) is 6. The summed E-state index contributed by atoms with van der Waals surface area (Å²) in [5.74, 6) is -0.970. The van der Waals surface area contributed by atoms with Crippen molar-refractivity contribution in [3.05, 3.63) is 109 Å². The Balaban J connectivity index is 1.54. The summed E-state index contributed by atoms with van der Waals surface area (Å²) in [7, 11) is 0. The number of rotatable bonds is 8. The van der Waals surface area contributed by atoms with Crippen LogP contribution in [0.5, 0.6) is 0 Å². The molecule has 0 aliphatic rings. The maximum Gasteiger partial charge on any atom is 0.249 e. The molecular formula is C26H21FN6O3. The molecule has 0 fully saturated rings. The van der Waals surface area contributed by atoms with Gasteiger partial charge in [-0.25, -0.2) is 9.07 Å². The fraction of sp³-hybridized carbons (Fsp3) is 0.115. The first-order valence-electron chi connectivity index (χ1n) is 11.2. The van der Waals surface area contributed by atoms with E-state index in [2.05, 4.69) is 20.6 Å². The van der Waals surface area contributed by atoms with Crippen LogP contribution in [-0.2, 0) is 22.7 Å². The minimum absolute atomic E-state index is 0.113. The Morgan fingerprint density at radius 1 is 1.06 bits per heavy atom. The van der Waals surface area contributed by atoms with Crippen LogP contribution in [-0.4, -0.2) is 31.8 Å². The van der Waals surface area contributed by atoms with E-state index in [1.165, 1.54) is 40.2 Å². The van der Waals surface area contributed by atoms with Crippen LogP contribution in [0.3, 0.4) is 0 Å². The van der Waals surface area contributed by atoms with E-state index < -0.39 is 23.7 Å². The highest BCUT2D eigenvalue weighted by Crippen LogP contribution is 2.29. The molecule has 36 heavy (non-hydrogen) atoms. The van der Waals surface area contributed by atoms with Crippen molar-refractivity contribution in [3.63, 3.8) is 0 Å². The number of pyridine rings is 1. The van der Waals surface area contributed by atoms with Gasteiger partial charge in [0.25, 0.3) is 0 Å². The van der Waals surface area contributed by atoms with E-state index in [4.69, 9.17) is 4.42 Å². The predicted octanol–water partition coefficient (Wildman–Crippen LogP) is 3.65. The lowest BCUT2D eigenvalue weighted by Crippen LogP contribution is -2.45. The summed E-state index contributed by atoms with van der Waals surface area (Å²) in [6, 6.07) is 18.4. The van der Waals surface area contributed by atoms with Crippen molar-refractivity contribution in [2.75, 3.05) is 4.90 Å². The molecule has 2 amide bonds. The Morgan fingerprint density at radius 2 is 1.94 bits per heavy atom. The van der Waals surface area contributed by atoms with Crippen LogP contribution in [0.15, 0.2) is 95.9 Å². The molecule has 0 aliphatic heterocycles. The van der Waals surface area contributed by atoms with E-state index in [0.29, 0.717) is 22.4 Å². The molecule has 10 heteroatoms. The maximum atomic E-state index is 14.3. The number of hydrogen-bond donors (Lipinski definition) is 1. The Kier molecular flexibility index (Phi) is 6.48. The zero-order chi connectivity index (χ0) is 24.9. The molecule has 2 aromatic carbocycles. The summed E-state index contributed by atoms with van der Waals surface area (Å²) >= 11 is 0. The molecule has 1 N–H and O–H groups in total. The Bertz CT molecular complexity index is 1490. The van der Waals surface area contributed by atoms with Crippen LogP contribution in [0.2, 0.25) is 0 Å². The molecule has 0 aliphatic carbocycles. The van der Waals surface area contributed by atoms with Crippen LogP contribution in [0.4, 0.5) is 10.1 Å². The lowest BCUT2D eigenvalue weighted by atomic mass is 10.0. The normalized spacial score (nSPS) is 11.8. The molecule has 5 aromatic rings. The highest BCUT2D eigenvalue weighted by Gasteiger charge is 2.33. The van der Waals surface area contributed by atoms with Gasteiger partial charge in [-0.15, -0.1) is 5.10 Å². The van der Waals surface area contributed by atoms with E-state index in [1.54, 1.807) is 48.7 Å². The van der Waals surface area contributed by atoms with Crippen molar-refractivity contribution < 1.29 is 18.4 Å². The molecule has 180 valence electrons. The van der Waals surface area contributed by atoms with Crippen molar-refractivity contribution >= 4 is 28.5 Å². The molecule has 0 spiro atoms. The van der Waals surface area contributed by atoms with Gasteiger partial charge >= 0.3 is 0 Å². The molecule has 0 saturated carbocycles. The van der Waals surface area contributed by atoms with Gasteiger partial charge in [-0.1, -0.05) is 29.5 Å². The summed E-state index contributed by atoms with van der Waals surface area (Å²) in [4.78, 5) is 32.8. The van der Waals surface area contributed by atoms with E-state index in [1.807, 2.05) is 12.1 Å². The van der Waals surface area contributed by atoms with Crippen molar-refractivity contribution in [2.45, 2.75) is 19.1 Å². The fourth-order valence-electron chi connectivity index (χ4n) is 3.94. The first-order chi connectivity index (χ1) is 17.6. The predicted molar refractivity (Wildman–Crippen MR) is 129 cm³/mol. The monoisotopic (exact) mass is 484 g/mol. The summed E-state index contributed by atoms with van der Waals surface area (Å²) in [6.45, 7) is -0.110. The third-order valence-corrected chi connectivity index (χ3v) is 5.58. The van der Waals surface area contributed by atoms with E-state index >= 15 is 0 Å². The molecule has 3 heterocycles. The van der Waals surface area contributed by atoms with Gasteiger partial charge in [-0.05, 0) is 48.5 Å². The zero-order valence-electron chi connectivity index (χ0n) is 19.0. The average molecular weight is 484 g/mol. The third kappa shape index (κ3) is 4.83. The van der Waals surface area contributed by atoms with Crippen LogP contribution in [0.1, 0.15) is 17.4 Å².